The van der Waals surface area contributed by atoms with Gasteiger partial charge in [0.05, 0.1) is 6.42 Å². The number of nitrogens with one attached hydrogen (secondary N) is 1. The molecule has 188 valence electrons. The van der Waals surface area contributed by atoms with Gasteiger partial charge in [-0.05, 0) is 78.5 Å². The summed E-state index contributed by atoms with van der Waals surface area (Å²) in [6.45, 7) is 0.0733. The first kappa shape index (κ1) is 23.1. The molecule has 7 heteroatoms. The second kappa shape index (κ2) is 8.95. The Balaban J connectivity index is 1.07. The molecule has 1 unspecified atom stereocenters. The number of benzene rings is 2. The smallest absolute Gasteiger partial charge is 0.407 e. The molecule has 0 spiro atoms. The Morgan fingerprint density at radius 1 is 0.889 bits per heavy atom. The van der Waals surface area contributed by atoms with Gasteiger partial charge < -0.3 is 19.9 Å². The normalized spacial score (nSPS) is 28.2. The minimum atomic E-state index is -1.40. The SMILES string of the molecule is O=C(CC(NC(=O)OCC1c2ccccc2-c2ccccc21)C(=O)O)OC12CC3CC(CC(C3)C1)C2. The van der Waals surface area contributed by atoms with Gasteiger partial charge >= 0.3 is 18.0 Å². The van der Waals surface area contributed by atoms with E-state index in [1.807, 2.05) is 48.5 Å². The van der Waals surface area contributed by atoms with Crippen LogP contribution >= 0.6 is 0 Å². The summed E-state index contributed by atoms with van der Waals surface area (Å²) < 4.78 is 11.4. The van der Waals surface area contributed by atoms with Crippen molar-refractivity contribution in [3.8, 4) is 11.1 Å². The molecule has 0 heterocycles. The van der Waals surface area contributed by atoms with E-state index in [0.717, 1.165) is 41.5 Å². The number of fused-ring (bicyclic) bond motifs is 3. The molecule has 7 rings (SSSR count). The molecule has 7 nitrogen and oxygen atoms in total. The third-order valence-corrected chi connectivity index (χ3v) is 8.62. The molecule has 2 aromatic rings. The standard InChI is InChI=1S/C29H31NO6/c31-26(36-29-13-17-9-18(14-29)11-19(10-17)15-29)12-25(27(32)33)30-28(34)35-16-24-22-7-3-1-5-20(22)21-6-2-4-8-23(21)24/h1-8,17-19,24-25H,9-16H2,(H,30,34)(H,32,33). The first-order valence-electron chi connectivity index (χ1n) is 13.0. The van der Waals surface area contributed by atoms with Crippen molar-refractivity contribution in [3.05, 3.63) is 59.7 Å². The van der Waals surface area contributed by atoms with Crippen molar-refractivity contribution >= 4 is 18.0 Å². The van der Waals surface area contributed by atoms with Crippen LogP contribution in [0.4, 0.5) is 4.79 Å². The van der Waals surface area contributed by atoms with E-state index in [4.69, 9.17) is 9.47 Å². The highest BCUT2D eigenvalue weighted by atomic mass is 16.6. The summed E-state index contributed by atoms with van der Waals surface area (Å²) in [7, 11) is 0. The average molecular weight is 490 g/mol. The van der Waals surface area contributed by atoms with Gasteiger partial charge in [0.15, 0.2) is 0 Å². The molecule has 2 N–H and O–H groups in total. The van der Waals surface area contributed by atoms with Gasteiger partial charge in [0, 0.05) is 5.92 Å². The molecular weight excluding hydrogens is 458 g/mol. The number of hydrogen-bond acceptors (Lipinski definition) is 5. The van der Waals surface area contributed by atoms with E-state index in [9.17, 15) is 19.5 Å². The molecule has 1 amide bonds. The van der Waals surface area contributed by atoms with E-state index in [1.165, 1.54) is 19.3 Å². The van der Waals surface area contributed by atoms with Crippen LogP contribution in [0.25, 0.3) is 11.1 Å². The van der Waals surface area contributed by atoms with Gasteiger partial charge in [-0.25, -0.2) is 9.59 Å². The van der Waals surface area contributed by atoms with Gasteiger partial charge in [-0.15, -0.1) is 0 Å². The van der Waals surface area contributed by atoms with Gasteiger partial charge in [-0.2, -0.15) is 0 Å². The monoisotopic (exact) mass is 489 g/mol. The van der Waals surface area contributed by atoms with E-state index in [-0.39, 0.29) is 12.5 Å². The number of rotatable bonds is 7. The summed E-state index contributed by atoms with van der Waals surface area (Å²) in [6.07, 6.45) is 5.02. The molecule has 4 saturated carbocycles. The molecule has 0 saturated heterocycles. The summed E-state index contributed by atoms with van der Waals surface area (Å²) in [5.74, 6) is -0.156. The number of carbonyl (C=O) groups is 3. The lowest BCUT2D eigenvalue weighted by molar-refractivity contribution is -0.187. The van der Waals surface area contributed by atoms with E-state index in [1.54, 1.807) is 0 Å². The van der Waals surface area contributed by atoms with Crippen LogP contribution in [0.5, 0.6) is 0 Å². The van der Waals surface area contributed by atoms with Crippen molar-refractivity contribution in [2.45, 2.75) is 62.5 Å². The first-order valence-corrected chi connectivity index (χ1v) is 13.0. The van der Waals surface area contributed by atoms with Crippen LogP contribution in [-0.4, -0.2) is 41.4 Å². The van der Waals surface area contributed by atoms with Gasteiger partial charge in [0.25, 0.3) is 0 Å². The molecule has 2 aromatic carbocycles. The Morgan fingerprint density at radius 3 is 1.94 bits per heavy atom. The molecule has 0 aromatic heterocycles. The lowest BCUT2D eigenvalue weighted by Gasteiger charge is -2.55. The number of carbonyl (C=O) groups excluding carboxylic acids is 2. The zero-order valence-electron chi connectivity index (χ0n) is 20.2. The van der Waals surface area contributed by atoms with Crippen LogP contribution < -0.4 is 5.32 Å². The number of carboxylic acids is 1. The number of amides is 1. The highest BCUT2D eigenvalue weighted by Crippen LogP contribution is 2.57. The van der Waals surface area contributed by atoms with Crippen molar-refractivity contribution in [1.82, 2.24) is 5.32 Å². The second-order valence-corrected chi connectivity index (χ2v) is 11.1. The maximum absolute atomic E-state index is 12.8. The first-order chi connectivity index (χ1) is 17.4. The Morgan fingerprint density at radius 2 is 1.42 bits per heavy atom. The number of hydrogen-bond donors (Lipinski definition) is 2. The van der Waals surface area contributed by atoms with E-state index in [2.05, 4.69) is 5.32 Å². The van der Waals surface area contributed by atoms with Crippen LogP contribution in [0.3, 0.4) is 0 Å². The van der Waals surface area contributed by atoms with Gasteiger partial charge in [-0.3, -0.25) is 4.79 Å². The molecule has 4 fully saturated rings. The van der Waals surface area contributed by atoms with Crippen LogP contribution in [0.15, 0.2) is 48.5 Å². The number of aliphatic carboxylic acids is 1. The summed E-state index contributed by atoms with van der Waals surface area (Å²) >= 11 is 0. The summed E-state index contributed by atoms with van der Waals surface area (Å²) in [6, 6.07) is 14.6. The third kappa shape index (κ3) is 4.25. The largest absolute Gasteiger partial charge is 0.480 e. The molecule has 36 heavy (non-hydrogen) atoms. The summed E-state index contributed by atoms with van der Waals surface area (Å²) in [4.78, 5) is 37.2. The zero-order chi connectivity index (χ0) is 24.9. The fourth-order valence-electron chi connectivity index (χ4n) is 7.59. The van der Waals surface area contributed by atoms with Crippen molar-refractivity contribution in [1.29, 1.82) is 0 Å². The van der Waals surface area contributed by atoms with Gasteiger partial charge in [0.1, 0.15) is 18.2 Å². The fraction of sp³-hybridized carbons (Fsp3) is 0.483. The third-order valence-electron chi connectivity index (χ3n) is 8.62. The molecule has 5 aliphatic carbocycles. The molecule has 4 bridgehead atoms. The predicted molar refractivity (Wildman–Crippen MR) is 131 cm³/mol. The second-order valence-electron chi connectivity index (χ2n) is 11.1. The Bertz CT molecular complexity index is 1120. The number of carboxylic acid groups (broad SMARTS) is 1. The Labute approximate surface area is 210 Å². The van der Waals surface area contributed by atoms with Crippen LogP contribution in [0, 0.1) is 17.8 Å². The Kier molecular flexibility index (Phi) is 5.73. The van der Waals surface area contributed by atoms with Crippen LogP contribution in [0.1, 0.15) is 62.0 Å². The van der Waals surface area contributed by atoms with E-state index < -0.39 is 36.1 Å². The van der Waals surface area contributed by atoms with Crippen molar-refractivity contribution < 1.29 is 29.0 Å². The van der Waals surface area contributed by atoms with Gasteiger partial charge in [0.2, 0.25) is 0 Å². The highest BCUT2D eigenvalue weighted by Gasteiger charge is 2.53. The average Bonchev–Trinajstić information content (AvgIpc) is 3.15. The topological polar surface area (TPSA) is 102 Å². The van der Waals surface area contributed by atoms with Crippen molar-refractivity contribution in [2.75, 3.05) is 6.61 Å². The predicted octanol–water partition coefficient (Wildman–Crippen LogP) is 4.88. The van der Waals surface area contributed by atoms with Gasteiger partial charge in [-0.1, -0.05) is 48.5 Å². The van der Waals surface area contributed by atoms with Crippen molar-refractivity contribution in [2.24, 2.45) is 17.8 Å². The lowest BCUT2D eigenvalue weighted by atomic mass is 9.54. The molecule has 0 radical (unpaired) electrons. The molecule has 5 aliphatic rings. The summed E-state index contributed by atoms with van der Waals surface area (Å²) in [5, 5.41) is 12.0. The maximum Gasteiger partial charge on any atom is 0.407 e. The quantitative estimate of drug-likeness (QED) is 0.538. The molecule has 1 atom stereocenters. The van der Waals surface area contributed by atoms with Crippen molar-refractivity contribution in [3.63, 3.8) is 0 Å². The maximum atomic E-state index is 12.8. The summed E-state index contributed by atoms with van der Waals surface area (Å²) in [5.41, 5.74) is 3.91. The fourth-order valence-corrected chi connectivity index (χ4v) is 7.59. The minimum Gasteiger partial charge on any atom is -0.480 e. The van der Waals surface area contributed by atoms with E-state index >= 15 is 0 Å². The zero-order valence-corrected chi connectivity index (χ0v) is 20.2. The minimum absolute atomic E-state index is 0.0733. The van der Waals surface area contributed by atoms with E-state index in [0.29, 0.717) is 17.8 Å². The number of alkyl carbamates (subject to hydrolysis) is 1. The van der Waals surface area contributed by atoms with Crippen LogP contribution in [0.2, 0.25) is 0 Å². The molecular formula is C29H31NO6. The molecule has 0 aliphatic heterocycles. The van der Waals surface area contributed by atoms with Crippen LogP contribution in [-0.2, 0) is 19.1 Å². The number of esters is 1. The highest BCUT2D eigenvalue weighted by molar-refractivity contribution is 5.85. The lowest BCUT2D eigenvalue weighted by Crippen LogP contribution is -2.53. The Hall–Kier alpha value is -3.35. The number of ether oxygens (including phenoxy) is 2.